The number of unbranched alkanes of at least 4 members (excludes halogenated alkanes) is 9. The predicted molar refractivity (Wildman–Crippen MR) is 85.0 cm³/mol. The molecule has 0 saturated heterocycles. The topological polar surface area (TPSA) is 37.3 Å². The van der Waals surface area contributed by atoms with Crippen molar-refractivity contribution in [1.29, 1.82) is 0 Å². The molecule has 0 radical (unpaired) electrons. The smallest absolute Gasteiger partial charge is 0.309 e. The zero-order chi connectivity index (χ0) is 14.7. The fourth-order valence-electron chi connectivity index (χ4n) is 3.57. The van der Waals surface area contributed by atoms with Crippen molar-refractivity contribution in [1.82, 2.24) is 0 Å². The highest BCUT2D eigenvalue weighted by molar-refractivity contribution is 5.74. The molecule has 2 heteroatoms. The van der Waals surface area contributed by atoms with Gasteiger partial charge in [-0.25, -0.2) is 0 Å². The summed E-state index contributed by atoms with van der Waals surface area (Å²) in [5.41, 5.74) is -0.347. The van der Waals surface area contributed by atoms with Gasteiger partial charge in [0.1, 0.15) is 0 Å². The molecule has 0 aromatic rings. The first-order chi connectivity index (χ1) is 9.71. The fourth-order valence-corrected chi connectivity index (χ4v) is 3.57. The molecule has 0 aromatic carbocycles. The van der Waals surface area contributed by atoms with Crippen LogP contribution >= 0.6 is 0 Å². The largest absolute Gasteiger partial charge is 0.481 e. The van der Waals surface area contributed by atoms with Crippen molar-refractivity contribution in [3.05, 3.63) is 0 Å². The maximum absolute atomic E-state index is 11.4. The predicted octanol–water partition coefficient (Wildman–Crippen LogP) is 5.94. The van der Waals surface area contributed by atoms with E-state index in [-0.39, 0.29) is 5.41 Å². The maximum atomic E-state index is 11.4. The minimum atomic E-state index is -0.536. The highest BCUT2D eigenvalue weighted by atomic mass is 16.4. The Hall–Kier alpha value is -0.530. The number of hydrogen-bond acceptors (Lipinski definition) is 1. The Morgan fingerprint density at radius 1 is 0.850 bits per heavy atom. The van der Waals surface area contributed by atoms with Gasteiger partial charge in [-0.3, -0.25) is 4.79 Å². The van der Waals surface area contributed by atoms with Crippen molar-refractivity contribution in [2.45, 2.75) is 103 Å². The summed E-state index contributed by atoms with van der Waals surface area (Å²) in [5.74, 6) is -0.536. The van der Waals surface area contributed by atoms with Crippen molar-refractivity contribution in [2.75, 3.05) is 0 Å². The molecule has 0 aliphatic heterocycles. The lowest BCUT2D eigenvalue weighted by Gasteiger charge is -2.23. The van der Waals surface area contributed by atoms with Crippen molar-refractivity contribution >= 4 is 5.97 Å². The summed E-state index contributed by atoms with van der Waals surface area (Å²) in [4.78, 5) is 11.4. The Bertz CT molecular complexity index is 254. The van der Waals surface area contributed by atoms with E-state index in [2.05, 4.69) is 6.92 Å². The summed E-state index contributed by atoms with van der Waals surface area (Å²) >= 11 is 0. The minimum absolute atomic E-state index is 0.347. The lowest BCUT2D eigenvalue weighted by Crippen LogP contribution is -2.27. The average Bonchev–Trinajstić information content (AvgIpc) is 2.91. The summed E-state index contributed by atoms with van der Waals surface area (Å²) in [6.45, 7) is 2.26. The monoisotopic (exact) mass is 282 g/mol. The SMILES string of the molecule is CCCCCCCCCCCCC1(C(=O)O)CCCC1. The summed E-state index contributed by atoms with van der Waals surface area (Å²) in [7, 11) is 0. The second-order valence-electron chi connectivity index (χ2n) is 6.72. The Kier molecular flexibility index (Phi) is 8.97. The molecular weight excluding hydrogens is 248 g/mol. The fraction of sp³-hybridized carbons (Fsp3) is 0.944. The summed E-state index contributed by atoms with van der Waals surface area (Å²) in [6.07, 6.45) is 18.2. The van der Waals surface area contributed by atoms with Crippen LogP contribution in [-0.4, -0.2) is 11.1 Å². The van der Waals surface area contributed by atoms with Crippen LogP contribution < -0.4 is 0 Å². The van der Waals surface area contributed by atoms with Gasteiger partial charge in [-0.15, -0.1) is 0 Å². The third-order valence-corrected chi connectivity index (χ3v) is 5.02. The first-order valence-electron chi connectivity index (χ1n) is 8.95. The van der Waals surface area contributed by atoms with Crippen molar-refractivity contribution in [2.24, 2.45) is 5.41 Å². The molecule has 1 aliphatic carbocycles. The quantitative estimate of drug-likeness (QED) is 0.449. The van der Waals surface area contributed by atoms with Crippen LogP contribution in [0.1, 0.15) is 103 Å². The van der Waals surface area contributed by atoms with Gasteiger partial charge in [-0.05, 0) is 19.3 Å². The molecule has 1 fully saturated rings. The zero-order valence-corrected chi connectivity index (χ0v) is 13.5. The van der Waals surface area contributed by atoms with Gasteiger partial charge in [0.2, 0.25) is 0 Å². The molecule has 1 saturated carbocycles. The van der Waals surface area contributed by atoms with E-state index < -0.39 is 5.97 Å². The third kappa shape index (κ3) is 6.28. The average molecular weight is 282 g/mol. The van der Waals surface area contributed by atoms with Crippen molar-refractivity contribution in [3.8, 4) is 0 Å². The number of rotatable bonds is 12. The molecule has 20 heavy (non-hydrogen) atoms. The van der Waals surface area contributed by atoms with E-state index in [1.807, 2.05) is 0 Å². The number of carbonyl (C=O) groups is 1. The molecule has 0 amide bonds. The second kappa shape index (κ2) is 10.2. The summed E-state index contributed by atoms with van der Waals surface area (Å²) < 4.78 is 0. The minimum Gasteiger partial charge on any atom is -0.481 e. The second-order valence-corrected chi connectivity index (χ2v) is 6.72. The first kappa shape index (κ1) is 17.5. The number of hydrogen-bond donors (Lipinski definition) is 1. The lowest BCUT2D eigenvalue weighted by molar-refractivity contribution is -0.149. The molecule has 0 aromatic heterocycles. The molecule has 1 rings (SSSR count). The van der Waals surface area contributed by atoms with Gasteiger partial charge >= 0.3 is 5.97 Å². The van der Waals surface area contributed by atoms with Crippen LogP contribution in [-0.2, 0) is 4.79 Å². The first-order valence-corrected chi connectivity index (χ1v) is 8.95. The van der Waals surface area contributed by atoms with E-state index in [9.17, 15) is 9.90 Å². The van der Waals surface area contributed by atoms with E-state index in [4.69, 9.17) is 0 Å². The molecule has 1 aliphatic rings. The molecule has 0 heterocycles. The van der Waals surface area contributed by atoms with E-state index >= 15 is 0 Å². The summed E-state index contributed by atoms with van der Waals surface area (Å²) in [6, 6.07) is 0. The van der Waals surface area contributed by atoms with Crippen molar-refractivity contribution < 1.29 is 9.90 Å². The Labute approximate surface area is 125 Å². The van der Waals surface area contributed by atoms with Crippen LogP contribution in [0.3, 0.4) is 0 Å². The highest BCUT2D eigenvalue weighted by Crippen LogP contribution is 2.42. The number of aliphatic carboxylic acids is 1. The maximum Gasteiger partial charge on any atom is 0.309 e. The van der Waals surface area contributed by atoms with Gasteiger partial charge in [-0.2, -0.15) is 0 Å². The van der Waals surface area contributed by atoms with Gasteiger partial charge in [0.15, 0.2) is 0 Å². The molecule has 0 bridgehead atoms. The summed E-state index contributed by atoms with van der Waals surface area (Å²) in [5, 5.41) is 9.41. The third-order valence-electron chi connectivity index (χ3n) is 5.02. The normalized spacial score (nSPS) is 17.4. The Balaban J connectivity index is 1.95. The lowest BCUT2D eigenvalue weighted by atomic mass is 9.81. The van der Waals surface area contributed by atoms with E-state index in [0.29, 0.717) is 0 Å². The van der Waals surface area contributed by atoms with Gasteiger partial charge in [-0.1, -0.05) is 84.0 Å². The van der Waals surface area contributed by atoms with Crippen LogP contribution in [0.25, 0.3) is 0 Å². The van der Waals surface area contributed by atoms with Crippen molar-refractivity contribution in [3.63, 3.8) is 0 Å². The molecular formula is C18H34O2. The Morgan fingerprint density at radius 2 is 1.30 bits per heavy atom. The Morgan fingerprint density at radius 3 is 1.75 bits per heavy atom. The van der Waals surface area contributed by atoms with Gasteiger partial charge in [0.25, 0.3) is 0 Å². The van der Waals surface area contributed by atoms with Gasteiger partial charge in [0.05, 0.1) is 5.41 Å². The van der Waals surface area contributed by atoms with E-state index in [1.165, 1.54) is 57.8 Å². The van der Waals surface area contributed by atoms with E-state index in [0.717, 1.165) is 38.5 Å². The standard InChI is InChI=1S/C18H34O2/c1-2-3-4-5-6-7-8-9-10-11-14-18(17(19)20)15-12-13-16-18/h2-16H2,1H3,(H,19,20). The molecule has 0 spiro atoms. The van der Waals surface area contributed by atoms with Crippen LogP contribution in [0, 0.1) is 5.41 Å². The van der Waals surface area contributed by atoms with E-state index in [1.54, 1.807) is 0 Å². The molecule has 0 atom stereocenters. The van der Waals surface area contributed by atoms with Crippen LogP contribution in [0.4, 0.5) is 0 Å². The zero-order valence-electron chi connectivity index (χ0n) is 13.5. The van der Waals surface area contributed by atoms with Gasteiger partial charge < -0.3 is 5.11 Å². The molecule has 1 N–H and O–H groups in total. The molecule has 118 valence electrons. The van der Waals surface area contributed by atoms with Crippen LogP contribution in [0.2, 0.25) is 0 Å². The molecule has 0 unspecified atom stereocenters. The van der Waals surface area contributed by atoms with Crippen LogP contribution in [0.15, 0.2) is 0 Å². The number of carboxylic acid groups (broad SMARTS) is 1. The molecule has 2 nitrogen and oxygen atoms in total. The highest BCUT2D eigenvalue weighted by Gasteiger charge is 2.40. The van der Waals surface area contributed by atoms with Crippen LogP contribution in [0.5, 0.6) is 0 Å². The van der Waals surface area contributed by atoms with Gasteiger partial charge in [0, 0.05) is 0 Å². The number of carboxylic acids is 1.